The lowest BCUT2D eigenvalue weighted by molar-refractivity contribution is -0.266. The van der Waals surface area contributed by atoms with E-state index in [0.717, 1.165) is 0 Å². The van der Waals surface area contributed by atoms with Crippen molar-refractivity contribution < 1.29 is 29.6 Å². The smallest absolute Gasteiger partial charge is 0.303 e. The van der Waals surface area contributed by atoms with Crippen LogP contribution in [0, 0.1) is 34.0 Å². The summed E-state index contributed by atoms with van der Waals surface area (Å²) in [4.78, 5) is 24.9. The summed E-state index contributed by atoms with van der Waals surface area (Å²) >= 11 is 0. The molecule has 3 N–H and O–H groups in total. The van der Waals surface area contributed by atoms with E-state index in [-0.39, 0.29) is 36.4 Å². The summed E-state index contributed by atoms with van der Waals surface area (Å²) in [6, 6.07) is 0. The van der Waals surface area contributed by atoms with Gasteiger partial charge in [0.2, 0.25) is 0 Å². The highest BCUT2D eigenvalue weighted by Gasteiger charge is 2.73. The molecular formula is C22H32O6. The van der Waals surface area contributed by atoms with Crippen molar-refractivity contribution in [1.82, 2.24) is 0 Å². The molecule has 4 fully saturated rings. The first-order valence-electron chi connectivity index (χ1n) is 10.3. The molecule has 0 saturated heterocycles. The maximum Gasteiger partial charge on any atom is 0.303 e. The van der Waals surface area contributed by atoms with Gasteiger partial charge in [-0.2, -0.15) is 0 Å². The van der Waals surface area contributed by atoms with E-state index in [1.165, 1.54) is 6.92 Å². The fraction of sp³-hybridized carbons (Fsp3) is 0.818. The maximum absolute atomic E-state index is 13.2. The predicted molar refractivity (Wildman–Crippen MR) is 101 cm³/mol. The van der Waals surface area contributed by atoms with E-state index in [2.05, 4.69) is 6.58 Å². The van der Waals surface area contributed by atoms with Crippen molar-refractivity contribution >= 4 is 11.8 Å². The molecule has 0 amide bonds. The first-order valence-corrected chi connectivity index (χ1v) is 10.3. The molecule has 1 spiro atoms. The Morgan fingerprint density at radius 1 is 1.04 bits per heavy atom. The maximum atomic E-state index is 13.2. The molecular weight excluding hydrogens is 360 g/mol. The predicted octanol–water partition coefficient (Wildman–Crippen LogP) is 1.61. The van der Waals surface area contributed by atoms with Gasteiger partial charge in [0.05, 0.1) is 18.3 Å². The zero-order valence-electron chi connectivity index (χ0n) is 17.1. The minimum absolute atomic E-state index is 0.0211. The number of hydrogen-bond acceptors (Lipinski definition) is 6. The third-order valence-corrected chi connectivity index (χ3v) is 8.56. The van der Waals surface area contributed by atoms with Crippen LogP contribution in [0.4, 0.5) is 0 Å². The third kappa shape index (κ3) is 2.31. The van der Waals surface area contributed by atoms with E-state index in [0.29, 0.717) is 18.4 Å². The number of Topliss-reactive ketones (excluding diaryl/α,β-unsaturated/α-hetero) is 1. The summed E-state index contributed by atoms with van der Waals surface area (Å²) in [5.41, 5.74) is -1.62. The number of ketones is 1. The van der Waals surface area contributed by atoms with Gasteiger partial charge in [-0.15, -0.1) is 0 Å². The molecule has 28 heavy (non-hydrogen) atoms. The average Bonchev–Trinajstić information content (AvgIpc) is 2.71. The van der Waals surface area contributed by atoms with Crippen LogP contribution >= 0.6 is 0 Å². The van der Waals surface area contributed by atoms with Crippen LogP contribution in [0.1, 0.15) is 53.4 Å². The largest absolute Gasteiger partial charge is 0.459 e. The number of carbonyl (C=O) groups excluding carboxylic acids is 2. The van der Waals surface area contributed by atoms with E-state index in [1.807, 2.05) is 20.8 Å². The Hall–Kier alpha value is -1.24. The molecule has 4 rings (SSSR count). The lowest BCUT2D eigenvalue weighted by Crippen LogP contribution is -2.70. The SMILES string of the molecule is C=C1C(=O)[C@]23C[C@H]1C[C@@H](O)[C@H]2[C@]1(C)C[C@H](O)[C@H](OC(C)=O)C(C)(C)[C@H]1[C@@H](O)C3. The van der Waals surface area contributed by atoms with Gasteiger partial charge in [-0.1, -0.05) is 27.4 Å². The molecule has 4 aliphatic rings. The fourth-order valence-electron chi connectivity index (χ4n) is 8.19. The number of allylic oxidation sites excluding steroid dienone is 1. The molecule has 0 aliphatic heterocycles. The van der Waals surface area contributed by atoms with Crippen LogP contribution in [0.2, 0.25) is 0 Å². The lowest BCUT2D eigenvalue weighted by Gasteiger charge is -2.67. The van der Waals surface area contributed by atoms with Crippen LogP contribution in [0.25, 0.3) is 0 Å². The second-order valence-electron chi connectivity index (χ2n) is 10.6. The normalized spacial score (nSPS) is 52.0. The molecule has 0 unspecified atom stereocenters. The molecule has 9 atom stereocenters. The van der Waals surface area contributed by atoms with Crippen LogP contribution in [0.3, 0.4) is 0 Å². The minimum Gasteiger partial charge on any atom is -0.459 e. The van der Waals surface area contributed by atoms with Crippen LogP contribution < -0.4 is 0 Å². The summed E-state index contributed by atoms with van der Waals surface area (Å²) in [5, 5.41) is 33.4. The number of hydrogen-bond donors (Lipinski definition) is 3. The monoisotopic (exact) mass is 392 g/mol. The summed E-state index contributed by atoms with van der Waals surface area (Å²) in [5.74, 6) is -1.20. The Labute approximate surface area is 166 Å². The van der Waals surface area contributed by atoms with Gasteiger partial charge in [0, 0.05) is 23.7 Å². The van der Waals surface area contributed by atoms with Crippen LogP contribution in [0.15, 0.2) is 12.2 Å². The highest BCUT2D eigenvalue weighted by molar-refractivity contribution is 6.03. The zero-order chi connectivity index (χ0) is 20.8. The van der Waals surface area contributed by atoms with E-state index < -0.39 is 46.6 Å². The third-order valence-electron chi connectivity index (χ3n) is 8.56. The molecule has 156 valence electrons. The van der Waals surface area contributed by atoms with Crippen molar-refractivity contribution in [3.8, 4) is 0 Å². The second kappa shape index (κ2) is 5.89. The van der Waals surface area contributed by atoms with Gasteiger partial charge in [-0.05, 0) is 48.5 Å². The van der Waals surface area contributed by atoms with Gasteiger partial charge in [0.15, 0.2) is 5.78 Å². The van der Waals surface area contributed by atoms with Crippen molar-refractivity contribution in [2.24, 2.45) is 34.0 Å². The van der Waals surface area contributed by atoms with Crippen molar-refractivity contribution in [1.29, 1.82) is 0 Å². The summed E-state index contributed by atoms with van der Waals surface area (Å²) in [6.07, 6.45) is -1.46. The van der Waals surface area contributed by atoms with Crippen molar-refractivity contribution in [3.05, 3.63) is 12.2 Å². The highest BCUT2D eigenvalue weighted by Crippen LogP contribution is 2.71. The van der Waals surface area contributed by atoms with Crippen molar-refractivity contribution in [2.75, 3.05) is 0 Å². The Balaban J connectivity index is 1.83. The average molecular weight is 392 g/mol. The minimum atomic E-state index is -0.924. The zero-order valence-corrected chi connectivity index (χ0v) is 17.1. The molecule has 0 aromatic carbocycles. The molecule has 4 aliphatic carbocycles. The van der Waals surface area contributed by atoms with Crippen molar-refractivity contribution in [3.63, 3.8) is 0 Å². The Bertz CT molecular complexity index is 743. The Kier molecular flexibility index (Phi) is 4.22. The first kappa shape index (κ1) is 20.0. The molecule has 0 radical (unpaired) electrons. The molecule has 0 heterocycles. The molecule has 4 saturated carbocycles. The molecule has 0 aromatic heterocycles. The first-order chi connectivity index (χ1) is 12.9. The number of aliphatic hydroxyl groups is 3. The topological polar surface area (TPSA) is 104 Å². The van der Waals surface area contributed by atoms with Crippen molar-refractivity contribution in [2.45, 2.75) is 77.8 Å². The number of aliphatic hydroxyl groups excluding tert-OH is 3. The fourth-order valence-corrected chi connectivity index (χ4v) is 8.19. The lowest BCUT2D eigenvalue weighted by atomic mass is 9.39. The summed E-state index contributed by atoms with van der Waals surface area (Å²) in [7, 11) is 0. The number of fused-ring (bicyclic) bond motifs is 3. The van der Waals surface area contributed by atoms with Gasteiger partial charge in [-0.3, -0.25) is 9.59 Å². The van der Waals surface area contributed by atoms with E-state index in [9.17, 15) is 24.9 Å². The molecule has 2 bridgehead atoms. The Morgan fingerprint density at radius 2 is 1.68 bits per heavy atom. The van der Waals surface area contributed by atoms with Gasteiger partial charge in [-0.25, -0.2) is 0 Å². The summed E-state index contributed by atoms with van der Waals surface area (Å²) in [6.45, 7) is 11.1. The Morgan fingerprint density at radius 3 is 2.29 bits per heavy atom. The molecule has 6 heteroatoms. The van der Waals surface area contributed by atoms with Crippen LogP contribution in [-0.2, 0) is 14.3 Å². The number of carbonyl (C=O) groups is 2. The van der Waals surface area contributed by atoms with Crippen LogP contribution in [0.5, 0.6) is 0 Å². The van der Waals surface area contributed by atoms with Gasteiger partial charge in [0.25, 0.3) is 0 Å². The van der Waals surface area contributed by atoms with E-state index in [1.54, 1.807) is 0 Å². The summed E-state index contributed by atoms with van der Waals surface area (Å²) < 4.78 is 5.48. The highest BCUT2D eigenvalue weighted by atomic mass is 16.6. The number of rotatable bonds is 1. The molecule has 6 nitrogen and oxygen atoms in total. The second-order valence-corrected chi connectivity index (χ2v) is 10.6. The van der Waals surface area contributed by atoms with Gasteiger partial charge in [0.1, 0.15) is 6.10 Å². The standard InChI is InChI=1S/C22H32O6/c1-10-12-6-13(24)17-21(5)8-15(26)19(28-11(2)23)20(3,4)16(21)14(25)9-22(17,7-12)18(10)27/h12-17,19,24-26H,1,6-9H2,2-5H3/t12-,13-,14+,15+,16-,17+,19+,21-,22+/m1/s1. The quantitative estimate of drug-likeness (QED) is 0.463. The number of esters is 1. The van der Waals surface area contributed by atoms with E-state index >= 15 is 0 Å². The molecule has 0 aromatic rings. The van der Waals surface area contributed by atoms with Gasteiger partial charge >= 0.3 is 5.97 Å². The van der Waals surface area contributed by atoms with Gasteiger partial charge < -0.3 is 20.1 Å². The van der Waals surface area contributed by atoms with E-state index in [4.69, 9.17) is 4.74 Å². The number of ether oxygens (including phenoxy) is 1. The van der Waals surface area contributed by atoms with Crippen LogP contribution in [-0.4, -0.2) is 51.5 Å².